The molecule has 0 bridgehead atoms. The summed E-state index contributed by atoms with van der Waals surface area (Å²) in [5.41, 5.74) is 0.199. The van der Waals surface area contributed by atoms with Crippen LogP contribution in [0.2, 0.25) is 0 Å². The Kier molecular flexibility index (Phi) is 5.18. The predicted molar refractivity (Wildman–Crippen MR) is 92.5 cm³/mol. The van der Waals surface area contributed by atoms with Gasteiger partial charge in [-0.15, -0.1) is 11.3 Å². The zero-order valence-corrected chi connectivity index (χ0v) is 15.0. The standard InChI is InChI=1S/C15H22N4OS2/c1-10(13(20)16-8-7-15(2,3)4)19-12(17-18-14(19)21)11-6-5-9-22-11/h5-6,9-10H,7-8H2,1-4H3,(H,16,20)(H,18,21)/t10-/m0/s1. The molecule has 2 aromatic heterocycles. The molecule has 2 heterocycles. The summed E-state index contributed by atoms with van der Waals surface area (Å²) >= 11 is 6.86. The van der Waals surface area contributed by atoms with Gasteiger partial charge in [0.1, 0.15) is 6.04 Å². The molecule has 22 heavy (non-hydrogen) atoms. The molecule has 0 aliphatic heterocycles. The van der Waals surface area contributed by atoms with Crippen molar-refractivity contribution in [3.8, 4) is 10.7 Å². The first-order valence-electron chi connectivity index (χ1n) is 7.28. The van der Waals surface area contributed by atoms with Crippen LogP contribution in [-0.4, -0.2) is 27.2 Å². The fourth-order valence-corrected chi connectivity index (χ4v) is 3.07. The number of H-pyrrole nitrogens is 1. The number of hydrogen-bond donors (Lipinski definition) is 2. The monoisotopic (exact) mass is 338 g/mol. The van der Waals surface area contributed by atoms with Gasteiger partial charge in [-0.1, -0.05) is 26.8 Å². The molecule has 120 valence electrons. The van der Waals surface area contributed by atoms with Crippen LogP contribution in [0.3, 0.4) is 0 Å². The number of thiophene rings is 1. The molecule has 2 aromatic rings. The second kappa shape index (κ2) is 6.75. The van der Waals surface area contributed by atoms with E-state index < -0.39 is 6.04 Å². The maximum atomic E-state index is 12.4. The molecule has 2 rings (SSSR count). The highest BCUT2D eigenvalue weighted by Gasteiger charge is 2.21. The Hall–Kier alpha value is -1.47. The van der Waals surface area contributed by atoms with E-state index in [1.165, 1.54) is 0 Å². The van der Waals surface area contributed by atoms with Crippen LogP contribution in [-0.2, 0) is 4.79 Å². The minimum absolute atomic E-state index is 0.0421. The maximum absolute atomic E-state index is 12.4. The van der Waals surface area contributed by atoms with Crippen LogP contribution in [0.5, 0.6) is 0 Å². The van der Waals surface area contributed by atoms with Crippen molar-refractivity contribution in [2.75, 3.05) is 6.54 Å². The van der Waals surface area contributed by atoms with E-state index in [1.54, 1.807) is 15.9 Å². The number of nitrogens with zero attached hydrogens (tertiary/aromatic N) is 2. The largest absolute Gasteiger partial charge is 0.354 e. The van der Waals surface area contributed by atoms with Gasteiger partial charge in [0.2, 0.25) is 5.91 Å². The average molecular weight is 339 g/mol. The highest BCUT2D eigenvalue weighted by atomic mass is 32.1. The van der Waals surface area contributed by atoms with Crippen LogP contribution >= 0.6 is 23.6 Å². The van der Waals surface area contributed by atoms with Crippen molar-refractivity contribution in [3.63, 3.8) is 0 Å². The number of rotatable bonds is 5. The predicted octanol–water partition coefficient (Wildman–Crippen LogP) is 3.78. The van der Waals surface area contributed by atoms with Gasteiger partial charge in [0.25, 0.3) is 0 Å². The number of carbonyl (C=O) groups excluding carboxylic acids is 1. The number of carbonyl (C=O) groups is 1. The Morgan fingerprint density at radius 3 is 2.86 bits per heavy atom. The van der Waals surface area contributed by atoms with E-state index >= 15 is 0 Å². The number of amides is 1. The molecule has 7 heteroatoms. The van der Waals surface area contributed by atoms with Crippen molar-refractivity contribution in [3.05, 3.63) is 22.3 Å². The molecule has 0 spiro atoms. The van der Waals surface area contributed by atoms with Crippen LogP contribution < -0.4 is 5.32 Å². The lowest BCUT2D eigenvalue weighted by molar-refractivity contribution is -0.123. The summed E-state index contributed by atoms with van der Waals surface area (Å²) in [5.74, 6) is 0.665. The van der Waals surface area contributed by atoms with Crippen molar-refractivity contribution in [2.45, 2.75) is 40.2 Å². The van der Waals surface area contributed by atoms with Gasteiger partial charge in [-0.2, -0.15) is 5.10 Å². The van der Waals surface area contributed by atoms with Crippen LogP contribution in [0, 0.1) is 10.2 Å². The van der Waals surface area contributed by atoms with Crippen LogP contribution in [0.4, 0.5) is 0 Å². The summed E-state index contributed by atoms with van der Waals surface area (Å²) in [6.45, 7) is 8.97. The number of nitrogens with one attached hydrogen (secondary N) is 2. The van der Waals surface area contributed by atoms with Gasteiger partial charge in [0.05, 0.1) is 4.88 Å². The van der Waals surface area contributed by atoms with E-state index in [0.717, 1.165) is 11.3 Å². The van der Waals surface area contributed by atoms with Gasteiger partial charge in [0, 0.05) is 6.54 Å². The van der Waals surface area contributed by atoms with E-state index in [1.807, 2.05) is 24.4 Å². The smallest absolute Gasteiger partial charge is 0.242 e. The molecule has 0 aromatic carbocycles. The quantitative estimate of drug-likeness (QED) is 0.816. The van der Waals surface area contributed by atoms with Gasteiger partial charge in [-0.25, -0.2) is 0 Å². The second-order valence-electron chi connectivity index (χ2n) is 6.48. The summed E-state index contributed by atoms with van der Waals surface area (Å²) in [7, 11) is 0. The number of hydrogen-bond acceptors (Lipinski definition) is 4. The first kappa shape index (κ1) is 16.9. The number of aromatic nitrogens is 3. The molecular formula is C15H22N4OS2. The van der Waals surface area contributed by atoms with E-state index in [0.29, 0.717) is 17.1 Å². The van der Waals surface area contributed by atoms with Crippen LogP contribution in [0.1, 0.15) is 40.2 Å². The molecule has 0 radical (unpaired) electrons. The van der Waals surface area contributed by atoms with Crippen LogP contribution in [0.15, 0.2) is 17.5 Å². The topological polar surface area (TPSA) is 62.7 Å². The summed E-state index contributed by atoms with van der Waals surface area (Å²) in [6.07, 6.45) is 0.931. The lowest BCUT2D eigenvalue weighted by Gasteiger charge is -2.20. The molecule has 2 N–H and O–H groups in total. The third-order valence-corrected chi connectivity index (χ3v) is 4.54. The highest BCUT2D eigenvalue weighted by Crippen LogP contribution is 2.25. The third-order valence-electron chi connectivity index (χ3n) is 3.39. The molecule has 0 unspecified atom stereocenters. The number of aromatic amines is 1. The van der Waals surface area contributed by atoms with E-state index in [4.69, 9.17) is 12.2 Å². The third kappa shape index (κ3) is 4.04. The normalized spacial score (nSPS) is 13.1. The fourth-order valence-electron chi connectivity index (χ4n) is 2.07. The Balaban J connectivity index is 2.13. The first-order chi connectivity index (χ1) is 10.3. The lowest BCUT2D eigenvalue weighted by Crippen LogP contribution is -2.33. The Bertz CT molecular complexity index is 679. The van der Waals surface area contributed by atoms with Crippen molar-refractivity contribution < 1.29 is 4.79 Å². The van der Waals surface area contributed by atoms with Crippen molar-refractivity contribution >= 4 is 29.5 Å². The van der Waals surface area contributed by atoms with Crippen molar-refractivity contribution in [1.29, 1.82) is 0 Å². The molecule has 1 amide bonds. The molecule has 0 saturated heterocycles. The lowest BCUT2D eigenvalue weighted by atomic mass is 9.92. The van der Waals surface area contributed by atoms with E-state index in [-0.39, 0.29) is 11.3 Å². The second-order valence-corrected chi connectivity index (χ2v) is 7.81. The zero-order valence-electron chi connectivity index (χ0n) is 13.3. The summed E-state index contributed by atoms with van der Waals surface area (Å²) in [4.78, 5) is 13.4. The van der Waals surface area contributed by atoms with Gasteiger partial charge in [-0.3, -0.25) is 14.5 Å². The summed E-state index contributed by atoms with van der Waals surface area (Å²) in [6, 6.07) is 3.52. The minimum atomic E-state index is -0.400. The molecule has 0 saturated carbocycles. The van der Waals surface area contributed by atoms with E-state index in [9.17, 15) is 4.79 Å². The zero-order chi connectivity index (χ0) is 16.3. The molecular weight excluding hydrogens is 316 g/mol. The SMILES string of the molecule is C[C@@H](C(=O)NCCC(C)(C)C)n1c(-c2cccs2)n[nH]c1=S. The molecule has 5 nitrogen and oxygen atoms in total. The molecule has 1 atom stereocenters. The van der Waals surface area contributed by atoms with Crippen molar-refractivity contribution in [2.24, 2.45) is 5.41 Å². The Labute approximate surface area is 139 Å². The van der Waals surface area contributed by atoms with Gasteiger partial charge in [-0.05, 0) is 42.4 Å². The minimum Gasteiger partial charge on any atom is -0.354 e. The summed E-state index contributed by atoms with van der Waals surface area (Å²) < 4.78 is 2.23. The first-order valence-corrected chi connectivity index (χ1v) is 8.57. The van der Waals surface area contributed by atoms with Gasteiger partial charge in [0.15, 0.2) is 10.6 Å². The van der Waals surface area contributed by atoms with Gasteiger partial charge >= 0.3 is 0 Å². The molecule has 0 fully saturated rings. The Morgan fingerprint density at radius 2 is 2.27 bits per heavy atom. The van der Waals surface area contributed by atoms with Crippen LogP contribution in [0.25, 0.3) is 10.7 Å². The average Bonchev–Trinajstić information content (AvgIpc) is 3.05. The highest BCUT2D eigenvalue weighted by molar-refractivity contribution is 7.71. The van der Waals surface area contributed by atoms with Crippen molar-refractivity contribution in [1.82, 2.24) is 20.1 Å². The van der Waals surface area contributed by atoms with E-state index in [2.05, 4.69) is 36.3 Å². The van der Waals surface area contributed by atoms with Gasteiger partial charge < -0.3 is 5.32 Å². The fraction of sp³-hybridized carbons (Fsp3) is 0.533. The maximum Gasteiger partial charge on any atom is 0.242 e. The molecule has 0 aliphatic carbocycles. The molecule has 0 aliphatic rings. The summed E-state index contributed by atoms with van der Waals surface area (Å²) in [5, 5.41) is 12.0. The Morgan fingerprint density at radius 1 is 1.55 bits per heavy atom.